The molecule has 0 bridgehead atoms. The molecule has 328 valence electrons. The molecule has 60 heavy (non-hydrogen) atoms. The number of aryl methyl sites for hydroxylation is 1. The second-order valence-corrected chi connectivity index (χ2v) is 17.1. The van der Waals surface area contributed by atoms with Crippen LogP contribution in [0.2, 0.25) is 0 Å². The van der Waals surface area contributed by atoms with Crippen LogP contribution in [-0.2, 0) is 28.7 Å². The van der Waals surface area contributed by atoms with E-state index < -0.39 is 43.1 Å². The third-order valence-corrected chi connectivity index (χ3v) is 12.3. The van der Waals surface area contributed by atoms with Gasteiger partial charge in [0.15, 0.2) is 0 Å². The van der Waals surface area contributed by atoms with E-state index in [2.05, 4.69) is 11.9 Å². The number of phosphoric ester groups is 1. The Morgan fingerprint density at radius 2 is 1.25 bits per heavy atom. The zero-order chi connectivity index (χ0) is 42.8. The largest absolute Gasteiger partial charge is 0.497 e. The number of unbranched alkanes of at least 4 members (excludes halogenated alkanes) is 13. The Kier molecular flexibility index (Phi) is 18.7. The number of H-pyrrole nitrogens is 1. The Hall–Kier alpha value is -4.03. The van der Waals surface area contributed by atoms with E-state index >= 15 is 0 Å². The highest BCUT2D eigenvalue weighted by Crippen LogP contribution is 2.49. The summed E-state index contributed by atoms with van der Waals surface area (Å²) in [6.07, 6.45) is 15.3. The number of nitrogens with one attached hydrogen (secondary N) is 1. The average Bonchev–Trinajstić information content (AvgIpc) is 3.65. The molecule has 2 heterocycles. The molecule has 1 saturated heterocycles. The van der Waals surface area contributed by atoms with E-state index in [1.54, 1.807) is 21.1 Å². The molecular formula is C47H65N2O10P. The van der Waals surface area contributed by atoms with Crippen molar-refractivity contribution in [2.24, 2.45) is 0 Å². The van der Waals surface area contributed by atoms with Crippen molar-refractivity contribution in [2.75, 3.05) is 27.4 Å². The van der Waals surface area contributed by atoms with Gasteiger partial charge in [-0.15, -0.1) is 0 Å². The van der Waals surface area contributed by atoms with Gasteiger partial charge >= 0.3 is 13.5 Å². The lowest BCUT2D eigenvalue weighted by Gasteiger charge is -2.37. The smallest absolute Gasteiger partial charge is 0.472 e. The van der Waals surface area contributed by atoms with Crippen LogP contribution in [0.1, 0.15) is 132 Å². The van der Waals surface area contributed by atoms with Crippen molar-refractivity contribution < 1.29 is 37.5 Å². The summed E-state index contributed by atoms with van der Waals surface area (Å²) in [7, 11) is -1.37. The first-order valence-corrected chi connectivity index (χ1v) is 23.2. The molecule has 1 unspecified atom stereocenters. The van der Waals surface area contributed by atoms with Crippen molar-refractivity contribution in [3.8, 4) is 11.5 Å². The monoisotopic (exact) mass is 848 g/mol. The normalized spacial score (nSPS) is 17.7. The molecule has 4 atom stereocenters. The van der Waals surface area contributed by atoms with Crippen molar-refractivity contribution in [3.05, 3.63) is 128 Å². The number of aromatic nitrogens is 2. The van der Waals surface area contributed by atoms with Crippen LogP contribution in [0, 0.1) is 6.92 Å². The van der Waals surface area contributed by atoms with Gasteiger partial charge in [0, 0.05) is 18.2 Å². The number of benzene rings is 3. The molecule has 2 N–H and O–H groups in total. The molecule has 0 aliphatic carbocycles. The fourth-order valence-corrected chi connectivity index (χ4v) is 8.88. The predicted molar refractivity (Wildman–Crippen MR) is 234 cm³/mol. The number of nitrogens with zero attached hydrogens (tertiary/aromatic N) is 1. The number of methoxy groups -OCH3 is 2. The third-order valence-electron chi connectivity index (χ3n) is 11.3. The lowest BCUT2D eigenvalue weighted by Crippen LogP contribution is -2.38. The second-order valence-electron chi connectivity index (χ2n) is 15.7. The topological polar surface area (TPSA) is 148 Å². The molecule has 12 nitrogen and oxygen atoms in total. The van der Waals surface area contributed by atoms with Crippen molar-refractivity contribution in [1.29, 1.82) is 0 Å². The molecule has 0 spiro atoms. The number of aromatic amines is 1. The minimum Gasteiger partial charge on any atom is -0.497 e. The first-order chi connectivity index (χ1) is 29.1. The molecule has 0 radical (unpaired) electrons. The molecule has 0 amide bonds. The Bertz CT molecular complexity index is 1970. The summed E-state index contributed by atoms with van der Waals surface area (Å²) in [6, 6.07) is 24.9. The number of ether oxygens (including phenoxy) is 4. The Labute approximate surface area is 355 Å². The Morgan fingerprint density at radius 3 is 1.77 bits per heavy atom. The van der Waals surface area contributed by atoms with Crippen molar-refractivity contribution >= 4 is 7.82 Å². The van der Waals surface area contributed by atoms with E-state index in [0.717, 1.165) is 36.0 Å². The number of hydrogen-bond donors (Lipinski definition) is 2. The standard InChI is InChI=1S/C47H65N2O10P/c1-5-6-7-8-9-10-11-12-13-14-15-16-17-21-32-57-60(52,53)59-42-33-44(49-34-36(2)45(50)48-46(49)51)58-43(42)35-56-47(37-22-19-18-20-23-37,38-24-28-40(54-3)29-25-38)39-26-30-41(55-4)31-27-39/h18-20,22-31,34,42-44H,5-17,21,32-33,35H2,1-4H3,(H,52,53)(H,48,50,51)/t42-,43+,44+/m0/s1. The van der Waals surface area contributed by atoms with E-state index in [4.69, 9.17) is 28.0 Å². The molecule has 5 rings (SSSR count). The molecule has 1 aliphatic heterocycles. The van der Waals surface area contributed by atoms with Crippen LogP contribution >= 0.6 is 7.82 Å². The zero-order valence-corrected chi connectivity index (χ0v) is 36.7. The fourth-order valence-electron chi connectivity index (χ4n) is 7.89. The Balaban J connectivity index is 1.28. The summed E-state index contributed by atoms with van der Waals surface area (Å²) in [5, 5.41) is 0. The van der Waals surface area contributed by atoms with Gasteiger partial charge in [-0.05, 0) is 54.3 Å². The van der Waals surface area contributed by atoms with Gasteiger partial charge in [-0.3, -0.25) is 23.4 Å². The SMILES string of the molecule is CCCCCCCCCCCCCCCCOP(=O)(O)O[C@H]1C[C@H](n2cc(C)c(=O)[nH]c2=O)O[C@@H]1COC(c1ccccc1)(c1ccc(OC)cc1)c1ccc(OC)cc1. The third kappa shape index (κ3) is 13.2. The van der Waals surface area contributed by atoms with Gasteiger partial charge in [0.25, 0.3) is 5.56 Å². The van der Waals surface area contributed by atoms with E-state index in [0.29, 0.717) is 23.5 Å². The van der Waals surface area contributed by atoms with Gasteiger partial charge in [-0.1, -0.05) is 145 Å². The van der Waals surface area contributed by atoms with Gasteiger partial charge in [-0.25, -0.2) is 9.36 Å². The first-order valence-electron chi connectivity index (χ1n) is 21.7. The van der Waals surface area contributed by atoms with E-state index in [1.165, 1.54) is 75.0 Å². The maximum Gasteiger partial charge on any atom is 0.472 e. The highest BCUT2D eigenvalue weighted by atomic mass is 31.2. The number of phosphoric acid groups is 1. The second kappa shape index (κ2) is 23.8. The first kappa shape index (κ1) is 47.0. The summed E-state index contributed by atoms with van der Waals surface area (Å²) in [6.45, 7) is 3.76. The van der Waals surface area contributed by atoms with Crippen molar-refractivity contribution in [2.45, 2.75) is 134 Å². The summed E-state index contributed by atoms with van der Waals surface area (Å²) in [5.41, 5.74) is 0.278. The van der Waals surface area contributed by atoms with Crippen molar-refractivity contribution in [1.82, 2.24) is 9.55 Å². The minimum atomic E-state index is -4.58. The van der Waals surface area contributed by atoms with Gasteiger partial charge in [0.2, 0.25) is 0 Å². The van der Waals surface area contributed by atoms with Crippen molar-refractivity contribution in [3.63, 3.8) is 0 Å². The van der Waals surface area contributed by atoms with Crippen LogP contribution < -0.4 is 20.7 Å². The van der Waals surface area contributed by atoms with Gasteiger partial charge < -0.3 is 23.8 Å². The van der Waals surface area contributed by atoms with Crippen LogP contribution in [0.5, 0.6) is 11.5 Å². The number of rotatable bonds is 27. The summed E-state index contributed by atoms with van der Waals surface area (Å²) >= 11 is 0. The van der Waals surface area contributed by atoms with Crippen LogP contribution in [0.4, 0.5) is 0 Å². The van der Waals surface area contributed by atoms with Crippen LogP contribution in [0.25, 0.3) is 0 Å². The van der Waals surface area contributed by atoms with E-state index in [9.17, 15) is 19.0 Å². The van der Waals surface area contributed by atoms with Crippen LogP contribution in [0.3, 0.4) is 0 Å². The number of hydrogen-bond acceptors (Lipinski definition) is 9. The average molecular weight is 849 g/mol. The maximum atomic E-state index is 13.5. The highest BCUT2D eigenvalue weighted by molar-refractivity contribution is 7.47. The van der Waals surface area contributed by atoms with Gasteiger partial charge in [0.1, 0.15) is 35.5 Å². The van der Waals surface area contributed by atoms with E-state index in [1.807, 2.05) is 78.9 Å². The maximum absolute atomic E-state index is 13.5. The van der Waals surface area contributed by atoms with Crippen LogP contribution in [-0.4, -0.2) is 54.1 Å². The Morgan fingerprint density at radius 1 is 0.750 bits per heavy atom. The molecular weight excluding hydrogens is 783 g/mol. The summed E-state index contributed by atoms with van der Waals surface area (Å²) < 4.78 is 50.6. The zero-order valence-electron chi connectivity index (χ0n) is 35.9. The highest BCUT2D eigenvalue weighted by Gasteiger charge is 2.45. The molecule has 13 heteroatoms. The summed E-state index contributed by atoms with van der Waals surface area (Å²) in [5.74, 6) is 1.33. The quantitative estimate of drug-likeness (QED) is 0.0338. The summed E-state index contributed by atoms with van der Waals surface area (Å²) in [4.78, 5) is 38.6. The minimum absolute atomic E-state index is 0.00952. The molecule has 1 fully saturated rings. The molecule has 3 aromatic carbocycles. The van der Waals surface area contributed by atoms with Gasteiger partial charge in [0.05, 0.1) is 27.4 Å². The fraction of sp³-hybridized carbons (Fsp3) is 0.532. The molecule has 4 aromatic rings. The molecule has 1 aliphatic rings. The predicted octanol–water partition coefficient (Wildman–Crippen LogP) is 10.1. The molecule has 1 aromatic heterocycles. The van der Waals surface area contributed by atoms with Crippen LogP contribution in [0.15, 0.2) is 94.6 Å². The lowest BCUT2D eigenvalue weighted by atomic mass is 9.80. The van der Waals surface area contributed by atoms with Gasteiger partial charge in [-0.2, -0.15) is 0 Å². The van der Waals surface area contributed by atoms with E-state index in [-0.39, 0.29) is 19.6 Å². The lowest BCUT2D eigenvalue weighted by molar-refractivity contribution is -0.0940. The molecule has 0 saturated carbocycles.